The number of carbonyl (C=O) groups excluding carboxylic acids is 1. The lowest BCUT2D eigenvalue weighted by molar-refractivity contribution is -0.121. The van der Waals surface area contributed by atoms with E-state index in [1.807, 2.05) is 42.5 Å². The van der Waals surface area contributed by atoms with E-state index < -0.39 is 6.10 Å². The number of aromatic nitrogens is 2. The van der Waals surface area contributed by atoms with Gasteiger partial charge in [-0.15, -0.1) is 0 Å². The highest BCUT2D eigenvalue weighted by Gasteiger charge is 2.12. The predicted molar refractivity (Wildman–Crippen MR) is 108 cm³/mol. The summed E-state index contributed by atoms with van der Waals surface area (Å²) in [6, 6.07) is 15.8. The summed E-state index contributed by atoms with van der Waals surface area (Å²) in [7, 11) is 0. The minimum absolute atomic E-state index is 0.0478. The molecule has 5 nitrogen and oxygen atoms in total. The van der Waals surface area contributed by atoms with Gasteiger partial charge in [-0.3, -0.25) is 4.79 Å². The fourth-order valence-corrected chi connectivity index (χ4v) is 3.27. The molecule has 0 aliphatic heterocycles. The van der Waals surface area contributed by atoms with Crippen LogP contribution in [0.4, 0.5) is 0 Å². The molecule has 27 heavy (non-hydrogen) atoms. The van der Waals surface area contributed by atoms with Crippen molar-refractivity contribution in [3.8, 4) is 0 Å². The molecule has 3 aromatic rings. The maximum atomic E-state index is 11.9. The van der Waals surface area contributed by atoms with Crippen molar-refractivity contribution in [3.05, 3.63) is 64.9 Å². The fourth-order valence-electron chi connectivity index (χ4n) is 3.05. The molecule has 142 valence electrons. The zero-order valence-corrected chi connectivity index (χ0v) is 16.1. The van der Waals surface area contributed by atoms with Crippen molar-refractivity contribution in [1.82, 2.24) is 14.9 Å². The number of rotatable bonds is 8. The highest BCUT2D eigenvalue weighted by atomic mass is 35.5. The Kier molecular flexibility index (Phi) is 6.48. The Morgan fingerprint density at radius 3 is 2.85 bits per heavy atom. The topological polar surface area (TPSA) is 67.2 Å². The number of benzene rings is 2. The smallest absolute Gasteiger partial charge is 0.220 e. The van der Waals surface area contributed by atoms with Crippen LogP contribution in [0.25, 0.3) is 11.0 Å². The molecule has 0 unspecified atom stereocenters. The van der Waals surface area contributed by atoms with E-state index in [0.29, 0.717) is 37.4 Å². The van der Waals surface area contributed by atoms with E-state index >= 15 is 0 Å². The van der Waals surface area contributed by atoms with Gasteiger partial charge in [-0.1, -0.05) is 35.9 Å². The molecule has 1 amide bonds. The zero-order chi connectivity index (χ0) is 19.2. The van der Waals surface area contributed by atoms with Crippen molar-refractivity contribution in [3.63, 3.8) is 0 Å². The Labute approximate surface area is 164 Å². The van der Waals surface area contributed by atoms with Crippen LogP contribution in [-0.2, 0) is 17.8 Å². The summed E-state index contributed by atoms with van der Waals surface area (Å²) in [5, 5.41) is 12.9. The second-order valence-electron chi connectivity index (χ2n) is 6.72. The van der Waals surface area contributed by atoms with Gasteiger partial charge in [0.15, 0.2) is 0 Å². The van der Waals surface area contributed by atoms with Crippen molar-refractivity contribution in [1.29, 1.82) is 0 Å². The zero-order valence-electron chi connectivity index (χ0n) is 15.4. The average molecular weight is 386 g/mol. The van der Waals surface area contributed by atoms with Crippen LogP contribution in [0.15, 0.2) is 48.5 Å². The Bertz CT molecular complexity index is 921. The molecule has 6 heteroatoms. The first-order valence-electron chi connectivity index (χ1n) is 9.16. The summed E-state index contributed by atoms with van der Waals surface area (Å²) >= 11 is 6.12. The van der Waals surface area contributed by atoms with Crippen LogP contribution in [0.1, 0.15) is 31.2 Å². The van der Waals surface area contributed by atoms with Gasteiger partial charge in [-0.25, -0.2) is 4.98 Å². The number of hydrogen-bond donors (Lipinski definition) is 2. The van der Waals surface area contributed by atoms with Crippen LogP contribution < -0.4 is 5.32 Å². The number of amides is 1. The molecule has 0 radical (unpaired) electrons. The summed E-state index contributed by atoms with van der Waals surface area (Å²) < 4.78 is 2.17. The van der Waals surface area contributed by atoms with Gasteiger partial charge in [0, 0.05) is 31.0 Å². The molecule has 0 spiro atoms. The van der Waals surface area contributed by atoms with E-state index in [9.17, 15) is 9.90 Å². The predicted octanol–water partition coefficient (Wildman–Crippen LogP) is 3.56. The summed E-state index contributed by atoms with van der Waals surface area (Å²) in [6.45, 7) is 2.87. The number of aliphatic hydroxyl groups excluding tert-OH is 1. The number of hydrogen-bond acceptors (Lipinski definition) is 3. The molecule has 1 heterocycles. The number of carbonyl (C=O) groups is 1. The normalized spacial score (nSPS) is 12.3. The molecule has 3 rings (SSSR count). The van der Waals surface area contributed by atoms with Crippen LogP contribution in [-0.4, -0.2) is 33.2 Å². The van der Waals surface area contributed by atoms with Gasteiger partial charge >= 0.3 is 0 Å². The van der Waals surface area contributed by atoms with Gasteiger partial charge < -0.3 is 15.0 Å². The number of nitrogens with one attached hydrogen (secondary N) is 1. The van der Waals surface area contributed by atoms with Gasteiger partial charge in [0.1, 0.15) is 5.82 Å². The lowest BCUT2D eigenvalue weighted by Crippen LogP contribution is -2.27. The summed E-state index contributed by atoms with van der Waals surface area (Å²) in [5.41, 5.74) is 3.11. The number of para-hydroxylation sites is 2. The second-order valence-corrected chi connectivity index (χ2v) is 7.16. The van der Waals surface area contributed by atoms with Gasteiger partial charge in [0.2, 0.25) is 5.91 Å². The van der Waals surface area contributed by atoms with Crippen molar-refractivity contribution in [2.24, 2.45) is 0 Å². The van der Waals surface area contributed by atoms with Crippen LogP contribution in [0.5, 0.6) is 0 Å². The summed E-state index contributed by atoms with van der Waals surface area (Å²) in [5.74, 6) is 0.875. The highest BCUT2D eigenvalue weighted by Crippen LogP contribution is 2.19. The number of aliphatic hydroxyl groups is 1. The largest absolute Gasteiger partial charge is 0.393 e. The Hall–Kier alpha value is -2.37. The third-order valence-electron chi connectivity index (χ3n) is 4.42. The quantitative estimate of drug-likeness (QED) is 0.623. The van der Waals surface area contributed by atoms with E-state index in [2.05, 4.69) is 16.0 Å². The minimum atomic E-state index is -0.461. The molecule has 0 aliphatic carbocycles. The fraction of sp³-hybridized carbons (Fsp3) is 0.333. The Morgan fingerprint density at radius 1 is 1.26 bits per heavy atom. The molecule has 2 N–H and O–H groups in total. The number of halogens is 1. The van der Waals surface area contributed by atoms with Crippen molar-refractivity contribution in [2.45, 2.75) is 38.8 Å². The SMILES string of the molecule is C[C@@H](O)CCC(=O)NCCc1nc2ccccc2n1Cc1cccc(Cl)c1. The maximum absolute atomic E-state index is 11.9. The highest BCUT2D eigenvalue weighted by molar-refractivity contribution is 6.30. The third kappa shape index (κ3) is 5.31. The van der Waals surface area contributed by atoms with Gasteiger partial charge in [0.25, 0.3) is 0 Å². The first-order valence-corrected chi connectivity index (χ1v) is 9.54. The monoisotopic (exact) mass is 385 g/mol. The summed E-state index contributed by atoms with van der Waals surface area (Å²) in [6.07, 6.45) is 0.975. The molecule has 0 saturated carbocycles. The average Bonchev–Trinajstić information content (AvgIpc) is 2.98. The molecule has 1 atom stereocenters. The maximum Gasteiger partial charge on any atom is 0.220 e. The van der Waals surface area contributed by atoms with Crippen molar-refractivity contribution in [2.75, 3.05) is 6.54 Å². The molecule has 0 aliphatic rings. The molecule has 2 aromatic carbocycles. The molecule has 1 aromatic heterocycles. The van der Waals surface area contributed by atoms with E-state index in [1.54, 1.807) is 6.92 Å². The summed E-state index contributed by atoms with van der Waals surface area (Å²) in [4.78, 5) is 16.6. The van der Waals surface area contributed by atoms with E-state index in [-0.39, 0.29) is 5.91 Å². The number of nitrogens with zero attached hydrogens (tertiary/aromatic N) is 2. The van der Waals surface area contributed by atoms with Crippen LogP contribution in [0.2, 0.25) is 5.02 Å². The number of fused-ring (bicyclic) bond motifs is 1. The van der Waals surface area contributed by atoms with E-state index in [4.69, 9.17) is 16.6 Å². The molecular weight excluding hydrogens is 362 g/mol. The van der Waals surface area contributed by atoms with Crippen LogP contribution >= 0.6 is 11.6 Å². The third-order valence-corrected chi connectivity index (χ3v) is 4.66. The van der Waals surface area contributed by atoms with Crippen molar-refractivity contribution < 1.29 is 9.90 Å². The lowest BCUT2D eigenvalue weighted by atomic mass is 10.2. The first-order chi connectivity index (χ1) is 13.0. The lowest BCUT2D eigenvalue weighted by Gasteiger charge is -2.11. The van der Waals surface area contributed by atoms with Gasteiger partial charge in [-0.05, 0) is 43.2 Å². The number of imidazole rings is 1. The standard InChI is InChI=1S/C21H24ClN3O2/c1-15(26)9-10-21(27)23-12-11-20-24-18-7-2-3-8-19(18)25(20)14-16-5-4-6-17(22)13-16/h2-8,13,15,26H,9-12,14H2,1H3,(H,23,27)/t15-/m1/s1. The second kappa shape index (κ2) is 9.02. The van der Waals surface area contributed by atoms with Crippen LogP contribution in [0.3, 0.4) is 0 Å². The molecule has 0 fully saturated rings. The Morgan fingerprint density at radius 2 is 2.07 bits per heavy atom. The first kappa shape index (κ1) is 19.4. The van der Waals surface area contributed by atoms with Gasteiger partial charge in [-0.2, -0.15) is 0 Å². The van der Waals surface area contributed by atoms with Crippen molar-refractivity contribution >= 4 is 28.5 Å². The van der Waals surface area contributed by atoms with Gasteiger partial charge in [0.05, 0.1) is 17.1 Å². The Balaban J connectivity index is 1.73. The molecular formula is C21H24ClN3O2. The van der Waals surface area contributed by atoms with E-state index in [1.165, 1.54) is 0 Å². The van der Waals surface area contributed by atoms with Crippen LogP contribution in [0, 0.1) is 0 Å². The minimum Gasteiger partial charge on any atom is -0.393 e. The molecule has 0 bridgehead atoms. The molecule has 0 saturated heterocycles. The van der Waals surface area contributed by atoms with E-state index in [0.717, 1.165) is 22.4 Å².